The third-order valence-corrected chi connectivity index (χ3v) is 6.07. The molecule has 0 aromatic heterocycles. The molecular weight excluding hydrogens is 537 g/mol. The smallest absolute Gasteiger partial charge is 0.491 e. The van der Waals surface area contributed by atoms with Gasteiger partial charge in [-0.1, -0.05) is 12.1 Å². The van der Waals surface area contributed by atoms with Crippen molar-refractivity contribution in [2.75, 3.05) is 20.3 Å². The lowest BCUT2D eigenvalue weighted by atomic mass is 10.1. The van der Waals surface area contributed by atoms with Gasteiger partial charge in [0.1, 0.15) is 17.5 Å². The van der Waals surface area contributed by atoms with Crippen LogP contribution in [0.25, 0.3) is 0 Å². The first-order chi connectivity index (χ1) is 17.8. The van der Waals surface area contributed by atoms with Gasteiger partial charge in [0.15, 0.2) is 0 Å². The molecule has 0 saturated heterocycles. The zero-order valence-corrected chi connectivity index (χ0v) is 20.7. The summed E-state index contributed by atoms with van der Waals surface area (Å²) in [5.41, 5.74) is 7.54. The summed E-state index contributed by atoms with van der Waals surface area (Å²) >= 11 is 0. The Kier molecular flexibility index (Phi) is 10.9. The van der Waals surface area contributed by atoms with Crippen molar-refractivity contribution in [2.24, 2.45) is 5.73 Å². The Hall–Kier alpha value is -3.89. The minimum Gasteiger partial charge on any atom is -0.497 e. The van der Waals surface area contributed by atoms with Gasteiger partial charge in [-0.05, 0) is 48.4 Å². The van der Waals surface area contributed by atoms with E-state index < -0.39 is 40.6 Å². The average molecular weight is 563 g/mol. The fourth-order valence-electron chi connectivity index (χ4n) is 2.81. The van der Waals surface area contributed by atoms with E-state index in [0.717, 1.165) is 12.1 Å². The Labute approximate surface area is 215 Å². The highest BCUT2D eigenvalue weighted by Crippen LogP contribution is 2.20. The number of ether oxygens (including phenoxy) is 3. The fourth-order valence-corrected chi connectivity index (χ4v) is 4.00. The summed E-state index contributed by atoms with van der Waals surface area (Å²) in [6.45, 7) is 0.432. The van der Waals surface area contributed by atoms with Crippen LogP contribution in [-0.2, 0) is 35.6 Å². The zero-order valence-electron chi connectivity index (χ0n) is 19.9. The van der Waals surface area contributed by atoms with Crippen LogP contribution in [0, 0.1) is 5.41 Å². The largest absolute Gasteiger partial charge is 0.497 e. The number of nitrogens with two attached hydrogens (primary N) is 1. The van der Waals surface area contributed by atoms with E-state index in [9.17, 15) is 31.2 Å². The quantitative estimate of drug-likeness (QED) is 0.0696. The molecule has 0 aliphatic heterocycles. The number of hydrogen-bond donors (Lipinski definition) is 4. The third-order valence-electron chi connectivity index (χ3n) is 4.58. The lowest BCUT2D eigenvalue weighted by molar-refractivity contribution is -0.202. The maximum atomic E-state index is 12.8. The van der Waals surface area contributed by atoms with E-state index in [4.69, 9.17) is 25.5 Å². The van der Waals surface area contributed by atoms with E-state index in [1.807, 2.05) is 4.72 Å². The highest BCUT2D eigenvalue weighted by atomic mass is 32.2. The molecule has 5 N–H and O–H groups in total. The van der Waals surface area contributed by atoms with Gasteiger partial charge < -0.3 is 19.9 Å². The normalized spacial score (nSPS) is 12.3. The van der Waals surface area contributed by atoms with Crippen LogP contribution in [0.5, 0.6) is 11.5 Å². The van der Waals surface area contributed by atoms with E-state index in [2.05, 4.69) is 10.2 Å². The summed E-state index contributed by atoms with van der Waals surface area (Å²) in [6.07, 6.45) is -5.46. The topological polar surface area (TPSA) is 179 Å². The lowest BCUT2D eigenvalue weighted by Crippen LogP contribution is -2.45. The number of hydroxylamine groups is 1. The van der Waals surface area contributed by atoms with Gasteiger partial charge in [-0.3, -0.25) is 10.2 Å². The highest BCUT2D eigenvalue weighted by molar-refractivity contribution is 7.89. The molecule has 16 heteroatoms. The third kappa shape index (κ3) is 9.87. The van der Waals surface area contributed by atoms with E-state index in [-0.39, 0.29) is 24.1 Å². The highest BCUT2D eigenvalue weighted by Gasteiger charge is 2.43. The number of halogens is 3. The SMILES string of the molecule is COc1ccc(S(=O)(=O)N[C@@H](Cc2ccc(OCCCONC(=N)N)cc2)C(=O)OC(=O)C(F)(F)F)cc1. The molecule has 2 rings (SSSR count). The van der Waals surface area contributed by atoms with Gasteiger partial charge in [0.2, 0.25) is 16.0 Å². The first-order valence-electron chi connectivity index (χ1n) is 10.7. The second-order valence-electron chi connectivity index (χ2n) is 7.47. The van der Waals surface area contributed by atoms with Gasteiger partial charge in [-0.25, -0.2) is 23.5 Å². The molecule has 2 aromatic carbocycles. The number of alkyl halides is 3. The summed E-state index contributed by atoms with van der Waals surface area (Å²) in [5.74, 6) is -4.11. The van der Waals surface area contributed by atoms with Crippen molar-refractivity contribution in [3.63, 3.8) is 0 Å². The number of methoxy groups -OCH3 is 1. The Morgan fingerprint density at radius 3 is 2.18 bits per heavy atom. The molecule has 0 fully saturated rings. The number of carbonyl (C=O) groups is 2. The maximum Gasteiger partial charge on any atom is 0.491 e. The molecule has 0 bridgehead atoms. The van der Waals surface area contributed by atoms with Crippen LogP contribution in [-0.4, -0.2) is 58.9 Å². The molecule has 2 aromatic rings. The number of rotatable bonds is 13. The number of benzene rings is 2. The first kappa shape index (κ1) is 30.3. The van der Waals surface area contributed by atoms with Crippen LogP contribution >= 0.6 is 0 Å². The Morgan fingerprint density at radius 2 is 1.63 bits per heavy atom. The standard InChI is InChI=1S/C22H25F3N4O8S/c1-34-15-7-9-17(10-8-15)38(32,33)29-18(19(30)37-20(31)22(23,24)25)13-14-3-5-16(6-4-14)35-11-2-12-36-28-21(26)27/h3-10,18,29H,2,11-13H2,1H3,(H4,26,27,28)/t18-/m0/s1. The van der Waals surface area contributed by atoms with Crippen molar-refractivity contribution >= 4 is 27.9 Å². The van der Waals surface area contributed by atoms with Crippen molar-refractivity contribution in [2.45, 2.75) is 30.0 Å². The molecular formula is C22H25F3N4O8S. The summed E-state index contributed by atoms with van der Waals surface area (Å²) in [7, 11) is -3.05. The molecule has 0 heterocycles. The summed E-state index contributed by atoms with van der Waals surface area (Å²) in [6, 6.07) is 9.02. The second kappa shape index (κ2) is 13.6. The van der Waals surface area contributed by atoms with Crippen LogP contribution in [0.4, 0.5) is 13.2 Å². The fraction of sp³-hybridized carbons (Fsp3) is 0.318. The number of nitrogens with one attached hydrogen (secondary N) is 3. The lowest BCUT2D eigenvalue weighted by Gasteiger charge is -2.18. The molecule has 1 atom stereocenters. The van der Waals surface area contributed by atoms with Crippen molar-refractivity contribution in [3.8, 4) is 11.5 Å². The molecule has 38 heavy (non-hydrogen) atoms. The van der Waals surface area contributed by atoms with Crippen LogP contribution in [0.15, 0.2) is 53.4 Å². The number of guanidine groups is 1. The number of sulfonamides is 1. The molecule has 0 spiro atoms. The first-order valence-corrected chi connectivity index (χ1v) is 12.2. The van der Waals surface area contributed by atoms with Gasteiger partial charge in [-0.15, -0.1) is 0 Å². The maximum absolute atomic E-state index is 12.8. The summed E-state index contributed by atoms with van der Waals surface area (Å²) < 4.78 is 79.7. The van der Waals surface area contributed by atoms with Crippen LogP contribution in [0.2, 0.25) is 0 Å². The minimum absolute atomic E-state index is 0.201. The molecule has 12 nitrogen and oxygen atoms in total. The Balaban J connectivity index is 2.11. The van der Waals surface area contributed by atoms with Gasteiger partial charge in [0.05, 0.1) is 25.2 Å². The number of carbonyl (C=O) groups excluding carboxylic acids is 2. The minimum atomic E-state index is -5.46. The van der Waals surface area contributed by atoms with Crippen LogP contribution < -0.4 is 25.4 Å². The predicted molar refractivity (Wildman–Crippen MR) is 126 cm³/mol. The number of esters is 2. The van der Waals surface area contributed by atoms with E-state index in [1.165, 1.54) is 43.5 Å². The molecule has 0 radical (unpaired) electrons. The van der Waals surface area contributed by atoms with Crippen molar-refractivity contribution in [1.29, 1.82) is 5.41 Å². The average Bonchev–Trinajstić information content (AvgIpc) is 2.85. The Bertz CT molecular complexity index is 1210. The molecule has 0 aliphatic rings. The van der Waals surface area contributed by atoms with Gasteiger partial charge in [0, 0.05) is 6.42 Å². The zero-order chi connectivity index (χ0) is 28.3. The van der Waals surface area contributed by atoms with Crippen molar-refractivity contribution in [3.05, 3.63) is 54.1 Å². The van der Waals surface area contributed by atoms with Crippen molar-refractivity contribution in [1.82, 2.24) is 10.2 Å². The second-order valence-corrected chi connectivity index (χ2v) is 9.18. The molecule has 0 saturated carbocycles. The van der Waals surface area contributed by atoms with Gasteiger partial charge in [0.25, 0.3) is 0 Å². The predicted octanol–water partition coefficient (Wildman–Crippen LogP) is 1.40. The van der Waals surface area contributed by atoms with Gasteiger partial charge in [-0.2, -0.15) is 17.9 Å². The van der Waals surface area contributed by atoms with Crippen molar-refractivity contribution < 1.29 is 50.2 Å². The molecule has 0 aliphatic carbocycles. The van der Waals surface area contributed by atoms with Gasteiger partial charge >= 0.3 is 18.1 Å². The summed E-state index contributed by atoms with van der Waals surface area (Å²) in [5, 5.41) is 6.94. The molecule has 0 unspecified atom stereocenters. The number of hydrogen-bond acceptors (Lipinski definition) is 9. The van der Waals surface area contributed by atoms with E-state index in [1.54, 1.807) is 0 Å². The monoisotopic (exact) mass is 562 g/mol. The summed E-state index contributed by atoms with van der Waals surface area (Å²) in [4.78, 5) is 28.1. The van der Waals surface area contributed by atoms with Crippen LogP contribution in [0.3, 0.4) is 0 Å². The van der Waals surface area contributed by atoms with Crippen LogP contribution in [0.1, 0.15) is 12.0 Å². The molecule has 208 valence electrons. The molecule has 0 amide bonds. The Morgan fingerprint density at radius 1 is 1.03 bits per heavy atom. The van der Waals surface area contributed by atoms with E-state index in [0.29, 0.717) is 23.5 Å². The van der Waals surface area contributed by atoms with E-state index >= 15 is 0 Å².